The first-order chi connectivity index (χ1) is 16.0. The monoisotopic (exact) mass is 459 g/mol. The van der Waals surface area contributed by atoms with Crippen LogP contribution in [0.1, 0.15) is 31.7 Å². The predicted octanol–water partition coefficient (Wildman–Crippen LogP) is 4.43. The van der Waals surface area contributed by atoms with E-state index in [9.17, 15) is 9.18 Å². The van der Waals surface area contributed by atoms with Gasteiger partial charge in [-0.2, -0.15) is 0 Å². The topological polar surface area (TPSA) is 77.3 Å². The zero-order valence-electron chi connectivity index (χ0n) is 19.7. The van der Waals surface area contributed by atoms with Gasteiger partial charge in [-0.15, -0.1) is 0 Å². The molecule has 1 heterocycles. The van der Waals surface area contributed by atoms with Gasteiger partial charge in [0, 0.05) is 36.3 Å². The molecule has 1 unspecified atom stereocenters. The Labute approximate surface area is 195 Å². The van der Waals surface area contributed by atoms with Crippen molar-refractivity contribution in [2.45, 2.75) is 32.7 Å². The maximum atomic E-state index is 13.9. The van der Waals surface area contributed by atoms with Crippen LogP contribution in [0.5, 0.6) is 17.2 Å². The summed E-state index contributed by atoms with van der Waals surface area (Å²) in [6.45, 7) is 4.36. The molecule has 33 heavy (non-hydrogen) atoms. The van der Waals surface area contributed by atoms with Crippen molar-refractivity contribution in [1.82, 2.24) is 4.90 Å². The number of nitrogens with two attached hydrogens (primary N) is 1. The van der Waals surface area contributed by atoms with Gasteiger partial charge in [0.1, 0.15) is 11.6 Å². The molecule has 1 aliphatic heterocycles. The lowest BCUT2D eigenvalue weighted by molar-refractivity contribution is 0.175. The quantitative estimate of drug-likeness (QED) is 0.503. The lowest BCUT2D eigenvalue weighted by Crippen LogP contribution is -2.54. The van der Waals surface area contributed by atoms with Crippen LogP contribution in [0.3, 0.4) is 0 Å². The van der Waals surface area contributed by atoms with Crippen LogP contribution in [-0.4, -0.2) is 51.4 Å². The van der Waals surface area contributed by atoms with E-state index in [0.717, 1.165) is 19.3 Å². The zero-order chi connectivity index (χ0) is 23.8. The summed E-state index contributed by atoms with van der Waals surface area (Å²) in [5, 5.41) is 0. The van der Waals surface area contributed by atoms with Crippen molar-refractivity contribution in [3.05, 3.63) is 47.8 Å². The van der Waals surface area contributed by atoms with Gasteiger partial charge in [0.15, 0.2) is 11.5 Å². The van der Waals surface area contributed by atoms with Crippen LogP contribution in [0.15, 0.2) is 36.4 Å². The minimum atomic E-state index is -0.373. The molecule has 0 saturated carbocycles. The third-order valence-corrected chi connectivity index (χ3v) is 5.82. The van der Waals surface area contributed by atoms with Crippen molar-refractivity contribution in [3.63, 3.8) is 0 Å². The number of benzene rings is 2. The number of rotatable bonds is 11. The summed E-state index contributed by atoms with van der Waals surface area (Å²) < 4.78 is 30.6. The third-order valence-electron chi connectivity index (χ3n) is 5.82. The Morgan fingerprint density at radius 3 is 2.48 bits per heavy atom. The maximum Gasteiger partial charge on any atom is 0.324 e. The van der Waals surface area contributed by atoms with Gasteiger partial charge in [0.2, 0.25) is 0 Å². The van der Waals surface area contributed by atoms with Crippen LogP contribution >= 0.6 is 0 Å². The molecule has 0 bridgehead atoms. The largest absolute Gasteiger partial charge is 0.496 e. The molecule has 8 heteroatoms. The SMILES string of the molecule is CCCCCOc1cc(N2CC(CN)CN(Cc3cc(F)ccc3OC)C2=O)ccc1OC. The molecule has 180 valence electrons. The molecule has 2 aromatic carbocycles. The lowest BCUT2D eigenvalue weighted by atomic mass is 10.0. The molecular weight excluding hydrogens is 425 g/mol. The van der Waals surface area contributed by atoms with Gasteiger partial charge in [0.05, 0.1) is 27.4 Å². The van der Waals surface area contributed by atoms with Gasteiger partial charge in [0.25, 0.3) is 0 Å². The van der Waals surface area contributed by atoms with E-state index in [1.807, 2.05) is 18.2 Å². The molecule has 1 aliphatic rings. The van der Waals surface area contributed by atoms with E-state index in [0.29, 0.717) is 54.7 Å². The van der Waals surface area contributed by atoms with Crippen LogP contribution in [-0.2, 0) is 6.54 Å². The average molecular weight is 460 g/mol. The van der Waals surface area contributed by atoms with E-state index in [1.165, 1.54) is 19.2 Å². The Kier molecular flexibility index (Phi) is 8.77. The Morgan fingerprint density at radius 2 is 1.79 bits per heavy atom. The average Bonchev–Trinajstić information content (AvgIpc) is 2.83. The van der Waals surface area contributed by atoms with Crippen molar-refractivity contribution in [2.75, 3.05) is 45.4 Å². The summed E-state index contributed by atoms with van der Waals surface area (Å²) in [7, 11) is 3.13. The Bertz CT molecular complexity index is 940. The minimum Gasteiger partial charge on any atom is -0.496 e. The molecule has 1 fully saturated rings. The highest BCUT2D eigenvalue weighted by Crippen LogP contribution is 2.34. The number of carbonyl (C=O) groups is 1. The maximum absolute atomic E-state index is 13.9. The summed E-state index contributed by atoms with van der Waals surface area (Å²) in [6.07, 6.45) is 3.14. The van der Waals surface area contributed by atoms with Gasteiger partial charge < -0.3 is 24.8 Å². The fourth-order valence-corrected chi connectivity index (χ4v) is 4.01. The van der Waals surface area contributed by atoms with E-state index < -0.39 is 0 Å². The summed E-state index contributed by atoms with van der Waals surface area (Å²) in [6, 6.07) is 9.63. The minimum absolute atomic E-state index is 0.0679. The van der Waals surface area contributed by atoms with E-state index in [-0.39, 0.29) is 24.3 Å². The fourth-order valence-electron chi connectivity index (χ4n) is 4.01. The number of nitrogens with zero attached hydrogens (tertiary/aromatic N) is 2. The zero-order valence-corrected chi connectivity index (χ0v) is 19.7. The Hall–Kier alpha value is -3.00. The smallest absolute Gasteiger partial charge is 0.324 e. The first kappa shape index (κ1) is 24.6. The summed E-state index contributed by atoms with van der Waals surface area (Å²) in [4.78, 5) is 16.8. The molecule has 1 atom stereocenters. The van der Waals surface area contributed by atoms with Crippen LogP contribution in [0.25, 0.3) is 0 Å². The molecule has 0 radical (unpaired) electrons. The molecule has 2 N–H and O–H groups in total. The Morgan fingerprint density at radius 1 is 1.03 bits per heavy atom. The first-order valence-electron chi connectivity index (χ1n) is 11.4. The van der Waals surface area contributed by atoms with Crippen LogP contribution in [0.2, 0.25) is 0 Å². The molecule has 3 rings (SSSR count). The Balaban J connectivity index is 1.85. The van der Waals surface area contributed by atoms with Crippen LogP contribution in [0, 0.1) is 11.7 Å². The molecule has 0 aromatic heterocycles. The van der Waals surface area contributed by atoms with Gasteiger partial charge in [-0.1, -0.05) is 19.8 Å². The van der Waals surface area contributed by atoms with Gasteiger partial charge >= 0.3 is 6.03 Å². The number of ether oxygens (including phenoxy) is 3. The second-order valence-electron chi connectivity index (χ2n) is 8.22. The third kappa shape index (κ3) is 6.07. The number of carbonyl (C=O) groups excluding carboxylic acids is 1. The van der Waals surface area contributed by atoms with Crippen LogP contribution < -0.4 is 24.8 Å². The standard InChI is InChI=1S/C25H34FN3O4/c1-4-5-6-11-33-24-13-21(8-10-23(24)32-3)29-16-18(14-27)15-28(25(29)30)17-19-12-20(26)7-9-22(19)31-2/h7-10,12-13,18H,4-6,11,14-17,27H2,1-3H3. The number of amides is 2. The fraction of sp³-hybridized carbons (Fsp3) is 0.480. The van der Waals surface area contributed by atoms with Crippen molar-refractivity contribution >= 4 is 11.7 Å². The van der Waals surface area contributed by atoms with E-state index in [1.54, 1.807) is 23.0 Å². The molecule has 2 amide bonds. The highest BCUT2D eigenvalue weighted by molar-refractivity contribution is 5.93. The number of hydrogen-bond acceptors (Lipinski definition) is 5. The van der Waals surface area contributed by atoms with Gasteiger partial charge in [-0.05, 0) is 43.3 Å². The van der Waals surface area contributed by atoms with Crippen molar-refractivity contribution in [2.24, 2.45) is 11.7 Å². The van der Waals surface area contributed by atoms with E-state index >= 15 is 0 Å². The second kappa shape index (κ2) is 11.7. The van der Waals surface area contributed by atoms with Crippen molar-refractivity contribution < 1.29 is 23.4 Å². The number of hydrogen-bond donors (Lipinski definition) is 1. The predicted molar refractivity (Wildman–Crippen MR) is 127 cm³/mol. The number of unbranched alkanes of at least 4 members (excludes halogenated alkanes) is 2. The molecule has 0 aliphatic carbocycles. The number of halogens is 1. The van der Waals surface area contributed by atoms with Gasteiger partial charge in [-0.3, -0.25) is 4.90 Å². The van der Waals surface area contributed by atoms with Gasteiger partial charge in [-0.25, -0.2) is 9.18 Å². The second-order valence-corrected chi connectivity index (χ2v) is 8.22. The number of methoxy groups -OCH3 is 2. The van der Waals surface area contributed by atoms with E-state index in [2.05, 4.69) is 6.92 Å². The summed E-state index contributed by atoms with van der Waals surface area (Å²) >= 11 is 0. The van der Waals surface area contributed by atoms with Crippen molar-refractivity contribution in [1.29, 1.82) is 0 Å². The first-order valence-corrected chi connectivity index (χ1v) is 11.4. The molecule has 0 spiro atoms. The molecule has 2 aromatic rings. The summed E-state index contributed by atoms with van der Waals surface area (Å²) in [5.41, 5.74) is 7.32. The lowest BCUT2D eigenvalue weighted by Gasteiger charge is -2.40. The normalized spacial score (nSPS) is 16.2. The van der Waals surface area contributed by atoms with E-state index in [4.69, 9.17) is 19.9 Å². The highest BCUT2D eigenvalue weighted by atomic mass is 19.1. The molecule has 7 nitrogen and oxygen atoms in total. The molecular formula is C25H34FN3O4. The summed E-state index contributed by atoms with van der Waals surface area (Å²) in [5.74, 6) is 1.46. The number of urea groups is 1. The van der Waals surface area contributed by atoms with Crippen molar-refractivity contribution in [3.8, 4) is 17.2 Å². The molecule has 1 saturated heterocycles. The highest BCUT2D eigenvalue weighted by Gasteiger charge is 2.33. The number of anilines is 1. The van der Waals surface area contributed by atoms with Crippen LogP contribution in [0.4, 0.5) is 14.9 Å².